The van der Waals surface area contributed by atoms with E-state index in [1.165, 1.54) is 0 Å². The van der Waals surface area contributed by atoms with Gasteiger partial charge in [0.05, 0.1) is 4.47 Å². The molecule has 0 saturated carbocycles. The van der Waals surface area contributed by atoms with E-state index in [0.29, 0.717) is 17.3 Å². The molecule has 1 aromatic heterocycles. The summed E-state index contributed by atoms with van der Waals surface area (Å²) in [6, 6.07) is 10.4. The Bertz CT molecular complexity index is 572. The molecule has 0 radical (unpaired) electrons. The number of rotatable bonds is 4. The van der Waals surface area contributed by atoms with Gasteiger partial charge >= 0.3 is 0 Å². The van der Waals surface area contributed by atoms with Crippen molar-refractivity contribution in [2.75, 3.05) is 17.7 Å². The Balaban J connectivity index is 1.88. The van der Waals surface area contributed by atoms with E-state index < -0.39 is 0 Å². The summed E-state index contributed by atoms with van der Waals surface area (Å²) in [4.78, 5) is 15.7. The monoisotopic (exact) mass is 321 g/mol. The average molecular weight is 322 g/mol. The summed E-state index contributed by atoms with van der Waals surface area (Å²) in [5.74, 6) is 0.772. The molecule has 0 spiro atoms. The Morgan fingerprint density at radius 2 is 2.05 bits per heavy atom. The van der Waals surface area contributed by atoms with Crippen LogP contribution in [-0.4, -0.2) is 17.5 Å². The summed E-state index contributed by atoms with van der Waals surface area (Å²) in [5.41, 5.74) is 6.20. The summed E-state index contributed by atoms with van der Waals surface area (Å²) in [7, 11) is 0. The van der Waals surface area contributed by atoms with Crippen molar-refractivity contribution in [3.05, 3.63) is 47.1 Å². The van der Waals surface area contributed by atoms with Gasteiger partial charge in [-0.3, -0.25) is 4.79 Å². The molecule has 0 saturated heterocycles. The van der Waals surface area contributed by atoms with Crippen molar-refractivity contribution in [3.8, 4) is 5.75 Å². The summed E-state index contributed by atoms with van der Waals surface area (Å²) in [6.45, 7) is -0.0903. The number of halogens is 1. The fraction of sp³-hybridized carbons (Fsp3) is 0.0769. The van der Waals surface area contributed by atoms with Crippen LogP contribution in [0.1, 0.15) is 0 Å². The largest absolute Gasteiger partial charge is 0.484 e. The molecule has 0 bridgehead atoms. The van der Waals surface area contributed by atoms with E-state index in [4.69, 9.17) is 10.5 Å². The molecule has 0 fully saturated rings. The van der Waals surface area contributed by atoms with E-state index in [0.717, 1.165) is 4.47 Å². The van der Waals surface area contributed by atoms with Gasteiger partial charge in [0, 0.05) is 11.9 Å². The first-order chi connectivity index (χ1) is 9.15. The van der Waals surface area contributed by atoms with Crippen molar-refractivity contribution in [2.45, 2.75) is 0 Å². The maximum absolute atomic E-state index is 11.7. The highest BCUT2D eigenvalue weighted by Gasteiger charge is 2.07. The molecule has 5 nitrogen and oxygen atoms in total. The number of nitrogens with two attached hydrogens (primary N) is 1. The Hall–Kier alpha value is -2.08. The molecule has 0 aliphatic heterocycles. The summed E-state index contributed by atoms with van der Waals surface area (Å²) in [6.07, 6.45) is 1.60. The van der Waals surface area contributed by atoms with Crippen LogP contribution in [-0.2, 0) is 4.79 Å². The Kier molecular flexibility index (Phi) is 4.35. The summed E-state index contributed by atoms with van der Waals surface area (Å²) in [5, 5.41) is 2.65. The lowest BCUT2D eigenvalue weighted by molar-refractivity contribution is -0.118. The topological polar surface area (TPSA) is 77.2 Å². The number of aromatic nitrogens is 1. The van der Waals surface area contributed by atoms with Gasteiger partial charge in [0.25, 0.3) is 5.91 Å². The SMILES string of the molecule is Nc1ccc(OCC(=O)Nc2ncccc2Br)cc1. The third-order valence-electron chi connectivity index (χ3n) is 2.27. The predicted octanol–water partition coefficient (Wildman–Crippen LogP) is 2.44. The van der Waals surface area contributed by atoms with E-state index in [2.05, 4.69) is 26.2 Å². The van der Waals surface area contributed by atoms with E-state index >= 15 is 0 Å². The van der Waals surface area contributed by atoms with Gasteiger partial charge < -0.3 is 15.8 Å². The number of amides is 1. The number of hydrogen-bond acceptors (Lipinski definition) is 4. The second kappa shape index (κ2) is 6.19. The van der Waals surface area contributed by atoms with Gasteiger partial charge in [0.2, 0.25) is 0 Å². The van der Waals surface area contributed by atoms with Crippen LogP contribution in [0.5, 0.6) is 5.75 Å². The van der Waals surface area contributed by atoms with Crippen molar-refractivity contribution in [1.82, 2.24) is 4.98 Å². The maximum atomic E-state index is 11.7. The molecule has 2 aromatic rings. The number of pyridine rings is 1. The second-order valence-electron chi connectivity index (χ2n) is 3.74. The highest BCUT2D eigenvalue weighted by Crippen LogP contribution is 2.18. The van der Waals surface area contributed by atoms with Gasteiger partial charge in [-0.05, 0) is 52.3 Å². The van der Waals surface area contributed by atoms with Crippen molar-refractivity contribution < 1.29 is 9.53 Å². The molecule has 2 rings (SSSR count). The standard InChI is InChI=1S/C13H12BrN3O2/c14-11-2-1-7-16-13(11)17-12(18)8-19-10-5-3-9(15)4-6-10/h1-7H,8,15H2,(H,16,17,18). The first-order valence-corrected chi connectivity index (χ1v) is 6.33. The van der Waals surface area contributed by atoms with Gasteiger partial charge in [-0.15, -0.1) is 0 Å². The lowest BCUT2D eigenvalue weighted by Gasteiger charge is -2.08. The molecule has 0 unspecified atom stereocenters. The van der Waals surface area contributed by atoms with Crippen LogP contribution in [0.15, 0.2) is 47.1 Å². The minimum absolute atomic E-state index is 0.0903. The Labute approximate surface area is 118 Å². The molecule has 1 heterocycles. The van der Waals surface area contributed by atoms with Crippen molar-refractivity contribution >= 4 is 33.3 Å². The number of nitrogen functional groups attached to an aromatic ring is 1. The third kappa shape index (κ3) is 3.96. The number of ether oxygens (including phenoxy) is 1. The van der Waals surface area contributed by atoms with Crippen molar-refractivity contribution in [1.29, 1.82) is 0 Å². The van der Waals surface area contributed by atoms with E-state index in [1.54, 1.807) is 42.6 Å². The number of carbonyl (C=O) groups is 1. The van der Waals surface area contributed by atoms with Crippen LogP contribution in [0, 0.1) is 0 Å². The number of nitrogens with zero attached hydrogens (tertiary/aromatic N) is 1. The van der Waals surface area contributed by atoms with Crippen LogP contribution in [0.2, 0.25) is 0 Å². The lowest BCUT2D eigenvalue weighted by Crippen LogP contribution is -2.21. The average Bonchev–Trinajstić information content (AvgIpc) is 2.41. The third-order valence-corrected chi connectivity index (χ3v) is 2.91. The van der Waals surface area contributed by atoms with E-state index in [1.807, 2.05) is 0 Å². The van der Waals surface area contributed by atoms with Gasteiger partial charge in [0.15, 0.2) is 6.61 Å². The highest BCUT2D eigenvalue weighted by molar-refractivity contribution is 9.10. The lowest BCUT2D eigenvalue weighted by atomic mass is 10.3. The molecule has 1 aromatic carbocycles. The fourth-order valence-corrected chi connectivity index (χ4v) is 1.71. The quantitative estimate of drug-likeness (QED) is 0.848. The normalized spacial score (nSPS) is 9.95. The molecule has 6 heteroatoms. The van der Waals surface area contributed by atoms with E-state index in [-0.39, 0.29) is 12.5 Å². The van der Waals surface area contributed by atoms with Gasteiger partial charge in [0.1, 0.15) is 11.6 Å². The van der Waals surface area contributed by atoms with Crippen molar-refractivity contribution in [2.24, 2.45) is 0 Å². The predicted molar refractivity (Wildman–Crippen MR) is 76.9 cm³/mol. The van der Waals surface area contributed by atoms with Gasteiger partial charge in [-0.25, -0.2) is 4.98 Å². The first-order valence-electron chi connectivity index (χ1n) is 5.54. The Morgan fingerprint density at radius 3 is 2.74 bits per heavy atom. The number of carbonyl (C=O) groups excluding carboxylic acids is 1. The summed E-state index contributed by atoms with van der Waals surface area (Å²) < 4.78 is 6.04. The number of benzene rings is 1. The molecule has 19 heavy (non-hydrogen) atoms. The maximum Gasteiger partial charge on any atom is 0.263 e. The highest BCUT2D eigenvalue weighted by atomic mass is 79.9. The van der Waals surface area contributed by atoms with Crippen LogP contribution in [0.3, 0.4) is 0 Å². The van der Waals surface area contributed by atoms with Gasteiger partial charge in [-0.1, -0.05) is 0 Å². The fourth-order valence-electron chi connectivity index (χ4n) is 1.36. The second-order valence-corrected chi connectivity index (χ2v) is 4.59. The van der Waals surface area contributed by atoms with Crippen LogP contribution in [0.4, 0.5) is 11.5 Å². The Morgan fingerprint density at radius 1 is 1.32 bits per heavy atom. The summed E-state index contributed by atoms with van der Waals surface area (Å²) >= 11 is 3.30. The zero-order valence-electron chi connectivity index (χ0n) is 9.97. The minimum atomic E-state index is -0.281. The molecule has 0 aliphatic carbocycles. The number of hydrogen-bond donors (Lipinski definition) is 2. The molecule has 0 atom stereocenters. The molecule has 3 N–H and O–H groups in total. The van der Waals surface area contributed by atoms with Crippen LogP contribution >= 0.6 is 15.9 Å². The number of anilines is 2. The molecule has 1 amide bonds. The van der Waals surface area contributed by atoms with Crippen LogP contribution in [0.25, 0.3) is 0 Å². The smallest absolute Gasteiger partial charge is 0.263 e. The number of nitrogens with one attached hydrogen (secondary N) is 1. The molecule has 98 valence electrons. The van der Waals surface area contributed by atoms with Crippen LogP contribution < -0.4 is 15.8 Å². The first kappa shape index (κ1) is 13.4. The molecular formula is C13H12BrN3O2. The zero-order chi connectivity index (χ0) is 13.7. The molecular weight excluding hydrogens is 310 g/mol. The molecule has 0 aliphatic rings. The van der Waals surface area contributed by atoms with Gasteiger partial charge in [-0.2, -0.15) is 0 Å². The van der Waals surface area contributed by atoms with E-state index in [9.17, 15) is 4.79 Å². The van der Waals surface area contributed by atoms with Crippen molar-refractivity contribution in [3.63, 3.8) is 0 Å². The minimum Gasteiger partial charge on any atom is -0.484 e. The zero-order valence-corrected chi connectivity index (χ0v) is 11.6.